The van der Waals surface area contributed by atoms with Gasteiger partial charge in [0.25, 0.3) is 0 Å². The molecule has 0 fully saturated rings. The van der Waals surface area contributed by atoms with E-state index in [-0.39, 0.29) is 5.56 Å². The molecule has 4 rings (SSSR count). The number of carboxylic acid groups (broad SMARTS) is 1. The molecule has 1 aromatic carbocycles. The Hall–Kier alpha value is -3.68. The van der Waals surface area contributed by atoms with Gasteiger partial charge in [0.15, 0.2) is 0 Å². The van der Waals surface area contributed by atoms with Gasteiger partial charge in [0.2, 0.25) is 5.43 Å². The SMILES string of the molecule is CN(C(=O)OC(C)(C)C)c1cc2c(cn1)-c1ccc3c(=O)c(C(=O)O)c[nH]c3c1CCC2. The highest BCUT2D eigenvalue weighted by Crippen LogP contribution is 2.36. The fraction of sp³-hybridized carbons (Fsp3) is 0.333. The Bertz CT molecular complexity index is 1300. The number of carbonyl (C=O) groups is 2. The smallest absolute Gasteiger partial charge is 0.415 e. The Morgan fingerprint density at radius 3 is 2.62 bits per heavy atom. The molecule has 1 aliphatic rings. The van der Waals surface area contributed by atoms with Crippen LogP contribution in [0.2, 0.25) is 0 Å². The van der Waals surface area contributed by atoms with Crippen molar-refractivity contribution in [1.29, 1.82) is 0 Å². The number of pyridine rings is 2. The van der Waals surface area contributed by atoms with E-state index in [4.69, 9.17) is 4.74 Å². The highest BCUT2D eigenvalue weighted by molar-refractivity contribution is 5.95. The van der Waals surface area contributed by atoms with Gasteiger partial charge in [-0.1, -0.05) is 6.07 Å². The molecule has 2 aromatic heterocycles. The molecule has 0 atom stereocenters. The van der Waals surface area contributed by atoms with Gasteiger partial charge >= 0.3 is 12.1 Å². The highest BCUT2D eigenvalue weighted by Gasteiger charge is 2.24. The van der Waals surface area contributed by atoms with E-state index in [1.54, 1.807) is 19.3 Å². The number of H-pyrrole nitrogens is 1. The molecule has 3 aromatic rings. The summed E-state index contributed by atoms with van der Waals surface area (Å²) in [5.74, 6) is -0.749. The van der Waals surface area contributed by atoms with Crippen LogP contribution in [0.25, 0.3) is 22.0 Å². The number of aryl methyl sites for hydroxylation is 2. The lowest BCUT2D eigenvalue weighted by Crippen LogP contribution is -2.34. The maximum Gasteiger partial charge on any atom is 0.415 e. The van der Waals surface area contributed by atoms with Crippen molar-refractivity contribution in [3.63, 3.8) is 0 Å². The first kappa shape index (κ1) is 21.5. The molecule has 0 spiro atoms. The number of anilines is 1. The summed E-state index contributed by atoms with van der Waals surface area (Å²) in [6, 6.07) is 5.41. The Morgan fingerprint density at radius 2 is 1.94 bits per heavy atom. The second-order valence-electron chi connectivity index (χ2n) is 8.94. The van der Waals surface area contributed by atoms with Crippen LogP contribution in [-0.4, -0.2) is 39.8 Å². The first-order chi connectivity index (χ1) is 15.1. The quantitative estimate of drug-likeness (QED) is 0.625. The number of aromatic carboxylic acids is 1. The van der Waals surface area contributed by atoms with Gasteiger partial charge in [0.1, 0.15) is 17.0 Å². The summed E-state index contributed by atoms with van der Waals surface area (Å²) >= 11 is 0. The van der Waals surface area contributed by atoms with E-state index in [1.807, 2.05) is 32.9 Å². The first-order valence-corrected chi connectivity index (χ1v) is 10.4. The van der Waals surface area contributed by atoms with Crippen LogP contribution >= 0.6 is 0 Å². The maximum atomic E-state index is 12.6. The van der Waals surface area contributed by atoms with Crippen LogP contribution in [0.3, 0.4) is 0 Å². The van der Waals surface area contributed by atoms with E-state index in [2.05, 4.69) is 9.97 Å². The van der Waals surface area contributed by atoms with Crippen LogP contribution in [0.1, 0.15) is 48.7 Å². The van der Waals surface area contributed by atoms with E-state index in [0.29, 0.717) is 16.7 Å². The van der Waals surface area contributed by atoms with E-state index in [1.165, 1.54) is 11.1 Å². The summed E-state index contributed by atoms with van der Waals surface area (Å²) in [7, 11) is 1.63. The number of carbonyl (C=O) groups excluding carboxylic acids is 1. The topological polar surface area (TPSA) is 113 Å². The Balaban J connectivity index is 1.78. The van der Waals surface area contributed by atoms with Gasteiger partial charge in [-0.3, -0.25) is 9.69 Å². The molecule has 8 nitrogen and oxygen atoms in total. The number of nitrogens with one attached hydrogen (secondary N) is 1. The number of aromatic amines is 1. The fourth-order valence-electron chi connectivity index (χ4n) is 4.02. The van der Waals surface area contributed by atoms with Crippen molar-refractivity contribution in [3.8, 4) is 11.1 Å². The Morgan fingerprint density at radius 1 is 1.19 bits per heavy atom. The third-order valence-electron chi connectivity index (χ3n) is 5.54. The fourth-order valence-corrected chi connectivity index (χ4v) is 4.02. The molecule has 0 bridgehead atoms. The highest BCUT2D eigenvalue weighted by atomic mass is 16.6. The number of carboxylic acids is 1. The predicted octanol–water partition coefficient (Wildman–Crippen LogP) is 4.15. The van der Waals surface area contributed by atoms with E-state index >= 15 is 0 Å². The first-order valence-electron chi connectivity index (χ1n) is 10.4. The molecule has 8 heteroatoms. The third-order valence-corrected chi connectivity index (χ3v) is 5.54. The number of hydrogen-bond acceptors (Lipinski definition) is 5. The number of ether oxygens (including phenoxy) is 1. The molecule has 0 radical (unpaired) electrons. The van der Waals surface area contributed by atoms with Gasteiger partial charge in [-0.15, -0.1) is 0 Å². The lowest BCUT2D eigenvalue weighted by Gasteiger charge is -2.24. The minimum Gasteiger partial charge on any atom is -0.477 e. The van der Waals surface area contributed by atoms with Crippen LogP contribution in [0, 0.1) is 0 Å². The zero-order valence-corrected chi connectivity index (χ0v) is 18.5. The number of fused-ring (bicyclic) bond motifs is 5. The lowest BCUT2D eigenvalue weighted by molar-refractivity contribution is 0.0587. The zero-order chi connectivity index (χ0) is 23.2. The summed E-state index contributed by atoms with van der Waals surface area (Å²) in [5.41, 5.74) is 3.17. The molecular formula is C24H25N3O5. The van der Waals surface area contributed by atoms with Gasteiger partial charge in [0, 0.05) is 30.4 Å². The molecule has 1 aliphatic carbocycles. The zero-order valence-electron chi connectivity index (χ0n) is 18.5. The molecule has 1 amide bonds. The van der Waals surface area contributed by atoms with Gasteiger partial charge in [-0.25, -0.2) is 14.6 Å². The number of benzene rings is 1. The number of amides is 1. The van der Waals surface area contributed by atoms with Crippen LogP contribution in [0.5, 0.6) is 0 Å². The standard InChI is InChI=1S/C24H25N3O5/c1-24(2,3)32-23(31)27(4)19-10-13-6-5-7-15-14(17(13)11-25-19)8-9-16-20(15)26-12-18(21(16)28)22(29)30/h8-12H,5-7H2,1-4H3,(H,26,28)(H,29,30). The maximum absolute atomic E-state index is 12.6. The monoisotopic (exact) mass is 435 g/mol. The van der Waals surface area contributed by atoms with Crippen LogP contribution in [-0.2, 0) is 17.6 Å². The largest absolute Gasteiger partial charge is 0.477 e. The number of rotatable bonds is 2. The average molecular weight is 435 g/mol. The Labute approximate surface area is 184 Å². The van der Waals surface area contributed by atoms with E-state index in [9.17, 15) is 19.5 Å². The molecule has 2 N–H and O–H groups in total. The van der Waals surface area contributed by atoms with Crippen molar-refractivity contribution in [2.45, 2.75) is 45.6 Å². The Kier molecular flexibility index (Phi) is 5.24. The second kappa shape index (κ2) is 7.78. The number of hydrogen-bond donors (Lipinski definition) is 2. The van der Waals surface area contributed by atoms with Gasteiger partial charge in [-0.2, -0.15) is 0 Å². The van der Waals surface area contributed by atoms with Crippen molar-refractivity contribution in [1.82, 2.24) is 9.97 Å². The lowest BCUT2D eigenvalue weighted by atomic mass is 9.95. The van der Waals surface area contributed by atoms with Crippen LogP contribution in [0.15, 0.2) is 35.4 Å². The minimum absolute atomic E-state index is 0.275. The van der Waals surface area contributed by atoms with Crippen molar-refractivity contribution in [3.05, 3.63) is 57.5 Å². The molecule has 0 saturated heterocycles. The molecule has 0 aliphatic heterocycles. The summed E-state index contributed by atoms with van der Waals surface area (Å²) in [6.07, 6.45) is 4.86. The summed E-state index contributed by atoms with van der Waals surface area (Å²) in [6.45, 7) is 5.44. The minimum atomic E-state index is -1.25. The third kappa shape index (κ3) is 3.84. The molecule has 2 heterocycles. The average Bonchev–Trinajstić information content (AvgIpc) is 2.90. The van der Waals surface area contributed by atoms with Crippen LogP contribution < -0.4 is 10.3 Å². The van der Waals surface area contributed by atoms with E-state index < -0.39 is 23.1 Å². The predicted molar refractivity (Wildman–Crippen MR) is 121 cm³/mol. The van der Waals surface area contributed by atoms with Crippen molar-refractivity contribution < 1.29 is 19.4 Å². The molecule has 0 unspecified atom stereocenters. The van der Waals surface area contributed by atoms with E-state index in [0.717, 1.165) is 41.5 Å². The summed E-state index contributed by atoms with van der Waals surface area (Å²) < 4.78 is 5.44. The van der Waals surface area contributed by atoms with Crippen molar-refractivity contribution in [2.24, 2.45) is 0 Å². The summed E-state index contributed by atoms with van der Waals surface area (Å²) in [5, 5.41) is 9.61. The van der Waals surface area contributed by atoms with Gasteiger partial charge in [0.05, 0.1) is 5.52 Å². The summed E-state index contributed by atoms with van der Waals surface area (Å²) in [4.78, 5) is 45.3. The van der Waals surface area contributed by atoms with Gasteiger partial charge in [-0.05, 0) is 68.9 Å². The van der Waals surface area contributed by atoms with Crippen LogP contribution in [0.4, 0.5) is 10.6 Å². The molecule has 166 valence electrons. The van der Waals surface area contributed by atoms with Crippen molar-refractivity contribution >= 4 is 28.8 Å². The molecular weight excluding hydrogens is 410 g/mol. The van der Waals surface area contributed by atoms with Gasteiger partial charge < -0.3 is 14.8 Å². The molecule has 32 heavy (non-hydrogen) atoms. The van der Waals surface area contributed by atoms with Crippen molar-refractivity contribution in [2.75, 3.05) is 11.9 Å². The number of aromatic nitrogens is 2. The normalized spacial score (nSPS) is 13.1. The molecule has 0 saturated carbocycles. The second-order valence-corrected chi connectivity index (χ2v) is 8.94. The number of nitrogens with zero attached hydrogens (tertiary/aromatic N) is 2.